The van der Waals surface area contributed by atoms with Gasteiger partial charge in [-0.15, -0.1) is 0 Å². The highest BCUT2D eigenvalue weighted by molar-refractivity contribution is 7.90. The zero-order valence-corrected chi connectivity index (χ0v) is 10.4. The SMILES string of the molecule is CS(=O)(=O)CCCC(O)c1cccc(C#N)c1. The van der Waals surface area contributed by atoms with Crippen molar-refractivity contribution in [3.05, 3.63) is 35.4 Å². The van der Waals surface area contributed by atoms with Gasteiger partial charge in [0, 0.05) is 12.0 Å². The number of benzene rings is 1. The van der Waals surface area contributed by atoms with Gasteiger partial charge in [-0.25, -0.2) is 8.42 Å². The van der Waals surface area contributed by atoms with Crippen molar-refractivity contribution in [3.8, 4) is 6.07 Å². The fourth-order valence-electron chi connectivity index (χ4n) is 1.52. The second kappa shape index (κ2) is 5.80. The third-order valence-electron chi connectivity index (χ3n) is 2.39. The van der Waals surface area contributed by atoms with Gasteiger partial charge in [0.05, 0.1) is 17.7 Å². The summed E-state index contributed by atoms with van der Waals surface area (Å²) in [4.78, 5) is 0. The number of hydrogen-bond donors (Lipinski definition) is 1. The van der Waals surface area contributed by atoms with Crippen molar-refractivity contribution < 1.29 is 13.5 Å². The lowest BCUT2D eigenvalue weighted by molar-refractivity contribution is 0.166. The van der Waals surface area contributed by atoms with E-state index < -0.39 is 15.9 Å². The van der Waals surface area contributed by atoms with Crippen LogP contribution in [0.15, 0.2) is 24.3 Å². The van der Waals surface area contributed by atoms with E-state index in [4.69, 9.17) is 5.26 Å². The summed E-state index contributed by atoms with van der Waals surface area (Å²) in [7, 11) is -2.98. The Morgan fingerprint density at radius 1 is 1.47 bits per heavy atom. The molecule has 0 heterocycles. The van der Waals surface area contributed by atoms with Gasteiger partial charge in [0.1, 0.15) is 9.84 Å². The van der Waals surface area contributed by atoms with Gasteiger partial charge in [0.15, 0.2) is 0 Å². The fourth-order valence-corrected chi connectivity index (χ4v) is 2.21. The predicted octanol–water partition coefficient (Wildman–Crippen LogP) is 1.42. The average Bonchev–Trinajstić information content (AvgIpc) is 2.27. The van der Waals surface area contributed by atoms with Crippen LogP contribution in [0.1, 0.15) is 30.1 Å². The summed E-state index contributed by atoms with van der Waals surface area (Å²) in [5.41, 5.74) is 1.14. The van der Waals surface area contributed by atoms with Gasteiger partial charge in [-0.1, -0.05) is 12.1 Å². The molecule has 0 aliphatic heterocycles. The maximum Gasteiger partial charge on any atom is 0.147 e. The zero-order valence-electron chi connectivity index (χ0n) is 9.63. The third kappa shape index (κ3) is 4.98. The lowest BCUT2D eigenvalue weighted by Crippen LogP contribution is -2.05. The number of hydrogen-bond acceptors (Lipinski definition) is 4. The van der Waals surface area contributed by atoms with Crippen LogP contribution >= 0.6 is 0 Å². The number of aliphatic hydroxyl groups is 1. The van der Waals surface area contributed by atoms with Gasteiger partial charge < -0.3 is 5.11 Å². The first-order chi connectivity index (χ1) is 7.92. The molecule has 1 unspecified atom stereocenters. The largest absolute Gasteiger partial charge is 0.388 e. The van der Waals surface area contributed by atoms with Gasteiger partial charge in [-0.05, 0) is 30.5 Å². The molecule has 0 fully saturated rings. The molecule has 1 rings (SSSR count). The van der Waals surface area contributed by atoms with E-state index in [0.29, 0.717) is 24.0 Å². The van der Waals surface area contributed by atoms with Crippen molar-refractivity contribution in [1.29, 1.82) is 5.26 Å². The molecule has 0 saturated heterocycles. The molecule has 92 valence electrons. The van der Waals surface area contributed by atoms with Gasteiger partial charge >= 0.3 is 0 Å². The molecule has 0 saturated carbocycles. The van der Waals surface area contributed by atoms with E-state index in [2.05, 4.69) is 0 Å². The normalized spacial score (nSPS) is 13.0. The van der Waals surface area contributed by atoms with Crippen LogP contribution in [0.5, 0.6) is 0 Å². The minimum absolute atomic E-state index is 0.0714. The number of sulfone groups is 1. The molecule has 0 bridgehead atoms. The smallest absolute Gasteiger partial charge is 0.147 e. The Morgan fingerprint density at radius 2 is 2.18 bits per heavy atom. The van der Waals surface area contributed by atoms with Crippen LogP contribution < -0.4 is 0 Å². The first-order valence-corrected chi connectivity index (χ1v) is 7.34. The molecule has 1 atom stereocenters. The van der Waals surface area contributed by atoms with E-state index in [1.165, 1.54) is 6.26 Å². The summed E-state index contributed by atoms with van der Waals surface area (Å²) >= 11 is 0. The molecule has 0 aliphatic rings. The van der Waals surface area contributed by atoms with E-state index in [9.17, 15) is 13.5 Å². The molecule has 17 heavy (non-hydrogen) atoms. The molecule has 0 amide bonds. The highest BCUT2D eigenvalue weighted by Gasteiger charge is 2.10. The monoisotopic (exact) mass is 253 g/mol. The second-order valence-electron chi connectivity index (χ2n) is 4.03. The van der Waals surface area contributed by atoms with Gasteiger partial charge in [-0.2, -0.15) is 5.26 Å². The van der Waals surface area contributed by atoms with E-state index in [0.717, 1.165) is 0 Å². The third-order valence-corrected chi connectivity index (χ3v) is 3.42. The van der Waals surface area contributed by atoms with Gasteiger partial charge in [-0.3, -0.25) is 0 Å². The minimum Gasteiger partial charge on any atom is -0.388 e. The molecule has 0 aromatic heterocycles. The molecule has 0 aliphatic carbocycles. The van der Waals surface area contributed by atoms with Crippen LogP contribution in [-0.4, -0.2) is 25.5 Å². The highest BCUT2D eigenvalue weighted by Crippen LogP contribution is 2.19. The Bertz CT molecular complexity index is 517. The summed E-state index contributed by atoms with van der Waals surface area (Å²) in [6.45, 7) is 0. The number of nitrogens with zero attached hydrogens (tertiary/aromatic N) is 1. The maximum atomic E-state index is 10.9. The molecular formula is C12H15NO3S. The van der Waals surface area contributed by atoms with Crippen molar-refractivity contribution in [3.63, 3.8) is 0 Å². The molecule has 4 nitrogen and oxygen atoms in total. The van der Waals surface area contributed by atoms with E-state index in [1.54, 1.807) is 24.3 Å². The van der Waals surface area contributed by atoms with E-state index >= 15 is 0 Å². The van der Waals surface area contributed by atoms with Crippen LogP contribution in [-0.2, 0) is 9.84 Å². The summed E-state index contributed by atoms with van der Waals surface area (Å²) in [5.74, 6) is 0.0714. The maximum absolute atomic E-state index is 10.9. The summed E-state index contributed by atoms with van der Waals surface area (Å²) < 4.78 is 21.8. The van der Waals surface area contributed by atoms with Crippen molar-refractivity contribution in [2.45, 2.75) is 18.9 Å². The topological polar surface area (TPSA) is 78.2 Å². The number of nitriles is 1. The standard InChI is InChI=1S/C12H15NO3S/c1-17(15,16)7-3-6-12(14)11-5-2-4-10(8-11)9-13/h2,4-5,8,12,14H,3,6-7H2,1H3. The molecule has 5 heteroatoms. The van der Waals surface area contributed by atoms with Crippen molar-refractivity contribution in [1.82, 2.24) is 0 Å². The Morgan fingerprint density at radius 3 is 2.76 bits per heavy atom. The average molecular weight is 253 g/mol. The van der Waals surface area contributed by atoms with Crippen molar-refractivity contribution in [2.24, 2.45) is 0 Å². The summed E-state index contributed by atoms with van der Waals surface area (Å²) in [6.07, 6.45) is 1.25. The first-order valence-electron chi connectivity index (χ1n) is 5.28. The summed E-state index contributed by atoms with van der Waals surface area (Å²) in [5, 5.41) is 18.5. The molecule has 0 spiro atoms. The van der Waals surface area contributed by atoms with Crippen LogP contribution in [0, 0.1) is 11.3 Å². The molecule has 1 aromatic rings. The van der Waals surface area contributed by atoms with Gasteiger partial charge in [0.25, 0.3) is 0 Å². The number of aliphatic hydroxyl groups excluding tert-OH is 1. The van der Waals surface area contributed by atoms with Gasteiger partial charge in [0.2, 0.25) is 0 Å². The van der Waals surface area contributed by atoms with Crippen molar-refractivity contribution >= 4 is 9.84 Å². The molecule has 0 radical (unpaired) electrons. The molecular weight excluding hydrogens is 238 g/mol. The second-order valence-corrected chi connectivity index (χ2v) is 6.28. The lowest BCUT2D eigenvalue weighted by atomic mass is 10.0. The van der Waals surface area contributed by atoms with Crippen LogP contribution in [0.25, 0.3) is 0 Å². The Labute approximate surface area is 101 Å². The van der Waals surface area contributed by atoms with Crippen molar-refractivity contribution in [2.75, 3.05) is 12.0 Å². The molecule has 1 aromatic carbocycles. The predicted molar refractivity (Wildman–Crippen MR) is 65.1 cm³/mol. The van der Waals surface area contributed by atoms with E-state index in [1.807, 2.05) is 6.07 Å². The van der Waals surface area contributed by atoms with Crippen LogP contribution in [0.4, 0.5) is 0 Å². The van der Waals surface area contributed by atoms with Crippen LogP contribution in [0.2, 0.25) is 0 Å². The zero-order chi connectivity index (χ0) is 12.9. The Hall–Kier alpha value is -1.38. The Balaban J connectivity index is 2.58. The quantitative estimate of drug-likeness (QED) is 0.860. The first kappa shape index (κ1) is 13.7. The van der Waals surface area contributed by atoms with Crippen LogP contribution in [0.3, 0.4) is 0 Å². The Kier molecular flexibility index (Phi) is 4.67. The molecule has 1 N–H and O–H groups in total. The summed E-state index contributed by atoms with van der Waals surface area (Å²) in [6, 6.07) is 8.70. The minimum atomic E-state index is -2.98. The van der Waals surface area contributed by atoms with E-state index in [-0.39, 0.29) is 5.75 Å². The number of rotatable bonds is 5. The highest BCUT2D eigenvalue weighted by atomic mass is 32.2. The lowest BCUT2D eigenvalue weighted by Gasteiger charge is -2.10. The fraction of sp³-hybridized carbons (Fsp3) is 0.417.